The standard InChI is InChI=1S/C9H12BrN3O/c1-11-9(14)6-13(2)8-4-3-7(10)5-12-8/h3-5H,6H2,1-2H3,(H,11,14). The van der Waals surface area contributed by atoms with Gasteiger partial charge >= 0.3 is 0 Å². The molecule has 0 radical (unpaired) electrons. The Kier molecular flexibility index (Phi) is 3.88. The Labute approximate surface area is 91.4 Å². The molecule has 0 unspecified atom stereocenters. The SMILES string of the molecule is CNC(=O)CN(C)c1ccc(Br)cn1. The highest BCUT2D eigenvalue weighted by molar-refractivity contribution is 9.10. The van der Waals surface area contributed by atoms with Crippen molar-refractivity contribution in [1.29, 1.82) is 0 Å². The summed E-state index contributed by atoms with van der Waals surface area (Å²) in [5, 5.41) is 2.56. The summed E-state index contributed by atoms with van der Waals surface area (Å²) in [6, 6.07) is 3.75. The molecule has 1 aromatic rings. The maximum Gasteiger partial charge on any atom is 0.239 e. The lowest BCUT2D eigenvalue weighted by atomic mass is 10.4. The van der Waals surface area contributed by atoms with Crippen molar-refractivity contribution in [3.63, 3.8) is 0 Å². The molecule has 1 rings (SSSR count). The lowest BCUT2D eigenvalue weighted by molar-refractivity contribution is -0.119. The molecule has 0 spiro atoms. The predicted octanol–water partition coefficient (Wildman–Crippen LogP) is 1.03. The van der Waals surface area contributed by atoms with Gasteiger partial charge in [-0.2, -0.15) is 0 Å². The Morgan fingerprint density at radius 3 is 2.86 bits per heavy atom. The number of aromatic nitrogens is 1. The summed E-state index contributed by atoms with van der Waals surface area (Å²) in [5.41, 5.74) is 0. The first-order chi connectivity index (χ1) is 6.63. The second kappa shape index (κ2) is 4.95. The number of hydrogen-bond acceptors (Lipinski definition) is 3. The number of nitrogens with one attached hydrogen (secondary N) is 1. The van der Waals surface area contributed by atoms with Crippen molar-refractivity contribution in [2.24, 2.45) is 0 Å². The Hall–Kier alpha value is -1.10. The zero-order valence-electron chi connectivity index (χ0n) is 8.12. The molecule has 0 saturated heterocycles. The van der Waals surface area contributed by atoms with Gasteiger partial charge in [0.15, 0.2) is 0 Å². The van der Waals surface area contributed by atoms with Crippen molar-refractivity contribution < 1.29 is 4.79 Å². The quantitative estimate of drug-likeness (QED) is 0.880. The maximum absolute atomic E-state index is 11.1. The molecule has 0 aromatic carbocycles. The number of anilines is 1. The molecule has 1 N–H and O–H groups in total. The zero-order chi connectivity index (χ0) is 10.6. The Balaban J connectivity index is 2.65. The molecule has 0 aliphatic heterocycles. The highest BCUT2D eigenvalue weighted by atomic mass is 79.9. The van der Waals surface area contributed by atoms with Crippen LogP contribution in [-0.4, -0.2) is 31.5 Å². The smallest absolute Gasteiger partial charge is 0.239 e. The molecule has 1 amide bonds. The summed E-state index contributed by atoms with van der Waals surface area (Å²) < 4.78 is 0.926. The van der Waals surface area contributed by atoms with Gasteiger partial charge in [-0.1, -0.05) is 0 Å². The fourth-order valence-corrected chi connectivity index (χ4v) is 1.20. The van der Waals surface area contributed by atoms with E-state index in [-0.39, 0.29) is 5.91 Å². The molecular formula is C9H12BrN3O. The van der Waals surface area contributed by atoms with Gasteiger partial charge in [0.2, 0.25) is 5.91 Å². The summed E-state index contributed by atoms with van der Waals surface area (Å²) >= 11 is 3.30. The van der Waals surface area contributed by atoms with Gasteiger partial charge in [0.25, 0.3) is 0 Å². The average Bonchev–Trinajstić information content (AvgIpc) is 2.18. The first-order valence-corrected chi connectivity index (χ1v) is 4.96. The molecule has 14 heavy (non-hydrogen) atoms. The topological polar surface area (TPSA) is 45.2 Å². The minimum absolute atomic E-state index is 0.0304. The molecule has 0 aliphatic carbocycles. The molecule has 0 aliphatic rings. The summed E-state index contributed by atoms with van der Waals surface area (Å²) in [6.07, 6.45) is 1.70. The first kappa shape index (κ1) is 11.0. The van der Waals surface area contributed by atoms with Crippen LogP contribution in [0.25, 0.3) is 0 Å². The number of rotatable bonds is 3. The van der Waals surface area contributed by atoms with Crippen molar-refractivity contribution in [1.82, 2.24) is 10.3 Å². The van der Waals surface area contributed by atoms with Gasteiger partial charge in [-0.15, -0.1) is 0 Å². The summed E-state index contributed by atoms with van der Waals surface area (Å²) in [4.78, 5) is 17.0. The number of carbonyl (C=O) groups excluding carboxylic acids is 1. The third-order valence-electron chi connectivity index (χ3n) is 1.76. The highest BCUT2D eigenvalue weighted by Gasteiger charge is 2.05. The summed E-state index contributed by atoms with van der Waals surface area (Å²) in [6.45, 7) is 0.311. The van der Waals surface area contributed by atoms with E-state index in [1.165, 1.54) is 0 Å². The van der Waals surface area contributed by atoms with E-state index < -0.39 is 0 Å². The lowest BCUT2D eigenvalue weighted by Crippen LogP contribution is -2.33. The molecule has 4 nitrogen and oxygen atoms in total. The monoisotopic (exact) mass is 257 g/mol. The molecule has 0 saturated carbocycles. The van der Waals surface area contributed by atoms with Crippen molar-refractivity contribution in [2.75, 3.05) is 25.5 Å². The van der Waals surface area contributed by atoms with E-state index in [4.69, 9.17) is 0 Å². The van der Waals surface area contributed by atoms with Gasteiger partial charge in [0.05, 0.1) is 6.54 Å². The van der Waals surface area contributed by atoms with E-state index in [2.05, 4.69) is 26.2 Å². The molecular weight excluding hydrogens is 246 g/mol. The van der Waals surface area contributed by atoms with Crippen LogP contribution >= 0.6 is 15.9 Å². The fourth-order valence-electron chi connectivity index (χ4n) is 0.969. The fraction of sp³-hybridized carbons (Fsp3) is 0.333. The summed E-state index contributed by atoms with van der Waals surface area (Å²) in [7, 11) is 3.44. The third kappa shape index (κ3) is 2.99. The van der Waals surface area contributed by atoms with Gasteiger partial charge in [0, 0.05) is 24.8 Å². The van der Waals surface area contributed by atoms with Crippen LogP contribution in [0.5, 0.6) is 0 Å². The molecule has 0 fully saturated rings. The molecule has 1 heterocycles. The van der Waals surface area contributed by atoms with Gasteiger partial charge in [-0.25, -0.2) is 4.98 Å². The number of nitrogens with zero attached hydrogens (tertiary/aromatic N) is 2. The maximum atomic E-state index is 11.1. The Morgan fingerprint density at radius 2 is 2.36 bits per heavy atom. The van der Waals surface area contributed by atoms with Gasteiger partial charge in [-0.3, -0.25) is 4.79 Å². The average molecular weight is 258 g/mol. The Morgan fingerprint density at radius 1 is 1.64 bits per heavy atom. The molecule has 5 heteroatoms. The van der Waals surface area contributed by atoms with Crippen molar-refractivity contribution in [3.8, 4) is 0 Å². The molecule has 0 bridgehead atoms. The minimum atomic E-state index is -0.0304. The van der Waals surface area contributed by atoms with E-state index in [0.717, 1.165) is 10.3 Å². The summed E-state index contributed by atoms with van der Waals surface area (Å²) in [5.74, 6) is 0.744. The molecule has 0 atom stereocenters. The second-order valence-corrected chi connectivity index (χ2v) is 3.78. The van der Waals surface area contributed by atoms with Gasteiger partial charge in [0.1, 0.15) is 5.82 Å². The number of hydrogen-bond donors (Lipinski definition) is 1. The van der Waals surface area contributed by atoms with E-state index in [1.54, 1.807) is 18.1 Å². The number of carbonyl (C=O) groups is 1. The van der Waals surface area contributed by atoms with E-state index in [1.807, 2.05) is 19.2 Å². The van der Waals surface area contributed by atoms with E-state index in [9.17, 15) is 4.79 Å². The van der Waals surface area contributed by atoms with Gasteiger partial charge in [-0.05, 0) is 28.1 Å². The van der Waals surface area contributed by atoms with Gasteiger partial charge < -0.3 is 10.2 Å². The van der Waals surface area contributed by atoms with E-state index >= 15 is 0 Å². The third-order valence-corrected chi connectivity index (χ3v) is 2.23. The minimum Gasteiger partial charge on any atom is -0.358 e. The molecule has 76 valence electrons. The van der Waals surface area contributed by atoms with Crippen LogP contribution in [0.2, 0.25) is 0 Å². The Bertz CT molecular complexity index is 312. The van der Waals surface area contributed by atoms with Crippen LogP contribution in [0, 0.1) is 0 Å². The second-order valence-electron chi connectivity index (χ2n) is 2.86. The van der Waals surface area contributed by atoms with E-state index in [0.29, 0.717) is 6.54 Å². The van der Waals surface area contributed by atoms with Crippen molar-refractivity contribution >= 4 is 27.7 Å². The highest BCUT2D eigenvalue weighted by Crippen LogP contribution is 2.12. The number of pyridine rings is 1. The van der Waals surface area contributed by atoms with Crippen LogP contribution in [0.15, 0.2) is 22.8 Å². The normalized spacial score (nSPS) is 9.64. The number of halogens is 1. The van der Waals surface area contributed by atoms with Crippen molar-refractivity contribution in [2.45, 2.75) is 0 Å². The van der Waals surface area contributed by atoms with Crippen LogP contribution < -0.4 is 10.2 Å². The lowest BCUT2D eigenvalue weighted by Gasteiger charge is -2.16. The number of amides is 1. The van der Waals surface area contributed by atoms with Crippen LogP contribution in [-0.2, 0) is 4.79 Å². The predicted molar refractivity (Wildman–Crippen MR) is 59.3 cm³/mol. The number of likely N-dealkylation sites (N-methyl/N-ethyl adjacent to an activating group) is 2. The van der Waals surface area contributed by atoms with Crippen LogP contribution in [0.1, 0.15) is 0 Å². The first-order valence-electron chi connectivity index (χ1n) is 4.16. The zero-order valence-corrected chi connectivity index (χ0v) is 9.71. The van der Waals surface area contributed by atoms with Crippen molar-refractivity contribution in [3.05, 3.63) is 22.8 Å². The van der Waals surface area contributed by atoms with Crippen LogP contribution in [0.3, 0.4) is 0 Å². The largest absolute Gasteiger partial charge is 0.358 e. The van der Waals surface area contributed by atoms with Crippen LogP contribution in [0.4, 0.5) is 5.82 Å². The molecule has 1 aromatic heterocycles.